The molecule has 5 nitrogen and oxygen atoms in total. The van der Waals surface area contributed by atoms with Crippen molar-refractivity contribution in [3.63, 3.8) is 0 Å². The fourth-order valence-corrected chi connectivity index (χ4v) is 6.33. The third-order valence-electron chi connectivity index (χ3n) is 5.54. The van der Waals surface area contributed by atoms with E-state index in [0.717, 1.165) is 16.7 Å². The molecule has 6 heteroatoms. The number of methoxy groups -OCH3 is 1. The minimum atomic E-state index is -3.36. The third kappa shape index (κ3) is 5.74. The van der Waals surface area contributed by atoms with Gasteiger partial charge in [-0.2, -0.15) is 0 Å². The van der Waals surface area contributed by atoms with Gasteiger partial charge in [0, 0.05) is 13.3 Å². The van der Waals surface area contributed by atoms with Crippen LogP contribution in [0.2, 0.25) is 0 Å². The van der Waals surface area contributed by atoms with E-state index >= 15 is 0 Å². The van der Waals surface area contributed by atoms with E-state index in [2.05, 4.69) is 5.32 Å². The molecule has 0 fully saturated rings. The fraction of sp³-hybridized carbons (Fsp3) is 0.269. The van der Waals surface area contributed by atoms with Crippen molar-refractivity contribution in [2.24, 2.45) is 5.92 Å². The summed E-state index contributed by atoms with van der Waals surface area (Å²) in [5.41, 5.74) is 2.93. The standard InChI is InChI=1S/C26H30NO4P/c1-20(26(28)30-2)19-32(29,31-3)25(23-17-11-6-12-18-23)27-24(21-13-7-4-8-14-21)22-15-9-5-10-16-22/h4-18,20,24-25,27H,19H2,1-3H3/t20-,25+,32?/m0/s1. The Morgan fingerprint density at radius 2 is 1.25 bits per heavy atom. The van der Waals surface area contributed by atoms with E-state index in [0.29, 0.717) is 0 Å². The molecule has 0 radical (unpaired) electrons. The summed E-state index contributed by atoms with van der Waals surface area (Å²) in [5, 5.41) is 3.62. The van der Waals surface area contributed by atoms with Crippen molar-refractivity contribution < 1.29 is 18.6 Å². The lowest BCUT2D eigenvalue weighted by Gasteiger charge is -2.33. The lowest BCUT2D eigenvalue weighted by molar-refractivity contribution is -0.144. The molecule has 0 amide bonds. The predicted molar refractivity (Wildman–Crippen MR) is 128 cm³/mol. The summed E-state index contributed by atoms with van der Waals surface area (Å²) in [6.45, 7) is 1.71. The van der Waals surface area contributed by atoms with Crippen LogP contribution in [0.25, 0.3) is 0 Å². The average molecular weight is 452 g/mol. The van der Waals surface area contributed by atoms with E-state index in [1.54, 1.807) is 6.92 Å². The molecule has 0 saturated heterocycles. The Balaban J connectivity index is 2.06. The second-order valence-corrected chi connectivity index (χ2v) is 10.4. The highest BCUT2D eigenvalue weighted by Gasteiger charge is 2.39. The van der Waals surface area contributed by atoms with Gasteiger partial charge in [0.25, 0.3) is 0 Å². The Morgan fingerprint density at radius 3 is 1.66 bits per heavy atom. The summed E-state index contributed by atoms with van der Waals surface area (Å²) in [7, 11) is -0.578. The van der Waals surface area contributed by atoms with Crippen LogP contribution in [0.5, 0.6) is 0 Å². The minimum Gasteiger partial charge on any atom is -0.469 e. The molecule has 3 rings (SSSR count). The predicted octanol–water partition coefficient (Wildman–Crippen LogP) is 5.80. The smallest absolute Gasteiger partial charge is 0.308 e. The number of nitrogens with one attached hydrogen (secondary N) is 1. The van der Waals surface area contributed by atoms with E-state index < -0.39 is 25.0 Å². The maximum Gasteiger partial charge on any atom is 0.308 e. The molecule has 32 heavy (non-hydrogen) atoms. The molecule has 0 aliphatic carbocycles. The highest BCUT2D eigenvalue weighted by molar-refractivity contribution is 7.59. The van der Waals surface area contributed by atoms with Crippen molar-refractivity contribution in [1.82, 2.24) is 5.32 Å². The summed E-state index contributed by atoms with van der Waals surface area (Å²) in [6, 6.07) is 29.4. The first kappa shape index (κ1) is 23.9. The number of hydrogen-bond donors (Lipinski definition) is 1. The number of benzene rings is 3. The molecule has 0 aliphatic rings. The zero-order chi connectivity index (χ0) is 23.0. The first-order valence-electron chi connectivity index (χ1n) is 10.6. The number of carbonyl (C=O) groups is 1. The highest BCUT2D eigenvalue weighted by atomic mass is 31.2. The molecule has 168 valence electrons. The second-order valence-electron chi connectivity index (χ2n) is 7.75. The van der Waals surface area contributed by atoms with Crippen LogP contribution in [-0.2, 0) is 18.6 Å². The van der Waals surface area contributed by atoms with Gasteiger partial charge in [-0.05, 0) is 16.7 Å². The number of esters is 1. The average Bonchev–Trinajstić information content (AvgIpc) is 2.85. The SMILES string of the molecule is COC(=O)[C@@H](C)CP(=O)(OC)[C@@H](NC(c1ccccc1)c1ccccc1)c1ccccc1. The number of hydrogen-bond acceptors (Lipinski definition) is 5. The summed E-state index contributed by atoms with van der Waals surface area (Å²) in [4.78, 5) is 12.1. The molecule has 0 spiro atoms. The van der Waals surface area contributed by atoms with Gasteiger partial charge in [0.1, 0.15) is 5.78 Å². The van der Waals surface area contributed by atoms with Gasteiger partial charge < -0.3 is 9.26 Å². The molecule has 0 aliphatic heterocycles. The third-order valence-corrected chi connectivity index (χ3v) is 8.45. The molecule has 3 aromatic rings. The fourth-order valence-electron chi connectivity index (χ4n) is 3.85. The Kier molecular flexibility index (Phi) is 8.40. The number of rotatable bonds is 10. The molecule has 3 atom stereocenters. The zero-order valence-corrected chi connectivity index (χ0v) is 19.6. The molecule has 3 aromatic carbocycles. The monoisotopic (exact) mass is 451 g/mol. The van der Waals surface area contributed by atoms with Crippen molar-refractivity contribution in [3.8, 4) is 0 Å². The molecule has 0 saturated carbocycles. The van der Waals surface area contributed by atoms with Gasteiger partial charge in [-0.25, -0.2) is 0 Å². The van der Waals surface area contributed by atoms with Crippen LogP contribution in [-0.4, -0.2) is 26.4 Å². The van der Waals surface area contributed by atoms with Crippen molar-refractivity contribution in [3.05, 3.63) is 108 Å². The zero-order valence-electron chi connectivity index (χ0n) is 18.7. The van der Waals surface area contributed by atoms with Crippen LogP contribution in [0.1, 0.15) is 35.4 Å². The Bertz CT molecular complexity index is 988. The molecule has 0 bridgehead atoms. The van der Waals surface area contributed by atoms with Crippen LogP contribution in [0.3, 0.4) is 0 Å². The van der Waals surface area contributed by atoms with E-state index in [1.165, 1.54) is 14.2 Å². The lowest BCUT2D eigenvalue weighted by atomic mass is 9.98. The molecule has 0 heterocycles. The van der Waals surface area contributed by atoms with Gasteiger partial charge in [0.2, 0.25) is 7.37 Å². The van der Waals surface area contributed by atoms with Crippen molar-refractivity contribution >= 4 is 13.3 Å². The van der Waals surface area contributed by atoms with Gasteiger partial charge in [0.05, 0.1) is 19.1 Å². The maximum atomic E-state index is 14.2. The Hall–Kier alpha value is -2.72. The van der Waals surface area contributed by atoms with E-state index in [4.69, 9.17) is 9.26 Å². The van der Waals surface area contributed by atoms with Crippen LogP contribution in [0, 0.1) is 5.92 Å². The summed E-state index contributed by atoms with van der Waals surface area (Å²) < 4.78 is 24.8. The highest BCUT2D eigenvalue weighted by Crippen LogP contribution is 2.60. The summed E-state index contributed by atoms with van der Waals surface area (Å²) in [6.07, 6.45) is 0.0685. The number of carbonyl (C=O) groups excluding carboxylic acids is 1. The first-order valence-corrected chi connectivity index (χ1v) is 12.5. The van der Waals surface area contributed by atoms with Crippen LogP contribution in [0.15, 0.2) is 91.0 Å². The molecule has 0 aromatic heterocycles. The van der Waals surface area contributed by atoms with E-state index in [9.17, 15) is 9.36 Å². The van der Waals surface area contributed by atoms with Crippen LogP contribution < -0.4 is 5.32 Å². The summed E-state index contributed by atoms with van der Waals surface area (Å²) in [5.74, 6) is -1.59. The first-order chi connectivity index (χ1) is 15.5. The van der Waals surface area contributed by atoms with Gasteiger partial charge in [-0.1, -0.05) is 97.9 Å². The number of ether oxygens (including phenoxy) is 1. The van der Waals surface area contributed by atoms with Crippen molar-refractivity contribution in [2.45, 2.75) is 18.7 Å². The maximum absolute atomic E-state index is 14.2. The Labute approximate surface area is 190 Å². The lowest BCUT2D eigenvalue weighted by Crippen LogP contribution is -2.30. The minimum absolute atomic E-state index is 0.0685. The molecule has 1 N–H and O–H groups in total. The van der Waals surface area contributed by atoms with E-state index in [-0.39, 0.29) is 12.2 Å². The largest absolute Gasteiger partial charge is 0.469 e. The van der Waals surface area contributed by atoms with Crippen molar-refractivity contribution in [2.75, 3.05) is 20.4 Å². The normalized spacial score (nSPS) is 15.0. The van der Waals surface area contributed by atoms with Gasteiger partial charge >= 0.3 is 5.97 Å². The van der Waals surface area contributed by atoms with Gasteiger partial charge in [-0.3, -0.25) is 14.7 Å². The molecule has 1 unspecified atom stereocenters. The summed E-state index contributed by atoms with van der Waals surface area (Å²) >= 11 is 0. The Morgan fingerprint density at radius 1 is 0.812 bits per heavy atom. The van der Waals surface area contributed by atoms with E-state index in [1.807, 2.05) is 91.0 Å². The molecular weight excluding hydrogens is 421 g/mol. The quantitative estimate of drug-likeness (QED) is 0.312. The van der Waals surface area contributed by atoms with Crippen molar-refractivity contribution in [1.29, 1.82) is 0 Å². The van der Waals surface area contributed by atoms with Crippen LogP contribution >= 0.6 is 7.37 Å². The van der Waals surface area contributed by atoms with Crippen LogP contribution in [0.4, 0.5) is 0 Å². The van der Waals surface area contributed by atoms with Gasteiger partial charge in [-0.15, -0.1) is 0 Å². The van der Waals surface area contributed by atoms with Gasteiger partial charge in [0.15, 0.2) is 0 Å². The second kappa shape index (κ2) is 11.2. The topological polar surface area (TPSA) is 64.6 Å². The molecular formula is C26H30NO4P.